The summed E-state index contributed by atoms with van der Waals surface area (Å²) in [5, 5.41) is 0. The minimum Gasteiger partial charge on any atom is -0.207 e. The van der Waals surface area contributed by atoms with E-state index in [1.807, 2.05) is 24.3 Å². The Bertz CT molecular complexity index is 742. The molecule has 0 heterocycles. The molecule has 0 aromatic heterocycles. The van der Waals surface area contributed by atoms with Gasteiger partial charge in [-0.15, -0.1) is 0 Å². The van der Waals surface area contributed by atoms with Gasteiger partial charge in [0, 0.05) is 0 Å². The number of halogens is 2. The highest BCUT2D eigenvalue weighted by molar-refractivity contribution is 8.17. The third-order valence-electron chi connectivity index (χ3n) is 3.63. The van der Waals surface area contributed by atoms with E-state index in [4.69, 9.17) is 0 Å². The van der Waals surface area contributed by atoms with Crippen molar-refractivity contribution in [2.45, 2.75) is 28.5 Å². The summed E-state index contributed by atoms with van der Waals surface area (Å²) in [6.45, 7) is 4.14. The summed E-state index contributed by atoms with van der Waals surface area (Å²) in [4.78, 5) is 3.30. The van der Waals surface area contributed by atoms with Gasteiger partial charge in [0.25, 0.3) is 0 Å². The van der Waals surface area contributed by atoms with E-state index in [2.05, 4.69) is 32.0 Å². The Labute approximate surface area is 138 Å². The molecule has 23 heavy (non-hydrogen) atoms. The first kappa shape index (κ1) is 15.8. The molecule has 0 unspecified atom stereocenters. The normalized spacial score (nSPS) is 11.4. The van der Waals surface area contributed by atoms with Gasteiger partial charge in [0.1, 0.15) is 11.6 Å². The minimum atomic E-state index is -0.837. The molecule has 0 aliphatic rings. The van der Waals surface area contributed by atoms with Gasteiger partial charge >= 0.3 is 0 Å². The third-order valence-corrected chi connectivity index (χ3v) is 6.04. The first-order chi connectivity index (χ1) is 11.0. The lowest BCUT2D eigenvalue weighted by molar-refractivity contribution is 0.626. The fourth-order valence-corrected chi connectivity index (χ4v) is 5.16. The molecule has 0 amide bonds. The van der Waals surface area contributed by atoms with Crippen molar-refractivity contribution in [3.63, 3.8) is 0 Å². The van der Waals surface area contributed by atoms with Gasteiger partial charge in [-0.1, -0.05) is 6.07 Å². The fraction of sp³-hybridized carbons (Fsp3) is 0.100. The van der Waals surface area contributed by atoms with Crippen molar-refractivity contribution < 1.29 is 8.78 Å². The zero-order valence-corrected chi connectivity index (χ0v) is 13.9. The highest BCUT2D eigenvalue weighted by Gasteiger charge is 2.14. The smallest absolute Gasteiger partial charge is 0.123 e. The zero-order valence-electron chi connectivity index (χ0n) is 13.1. The van der Waals surface area contributed by atoms with Crippen LogP contribution in [0.15, 0.2) is 81.4 Å². The second-order valence-electron chi connectivity index (χ2n) is 5.63. The van der Waals surface area contributed by atoms with Crippen molar-refractivity contribution in [2.24, 2.45) is 0 Å². The lowest BCUT2D eigenvalue weighted by Gasteiger charge is -2.24. The molecule has 0 spiro atoms. The molecule has 3 aromatic rings. The van der Waals surface area contributed by atoms with Crippen LogP contribution >= 0.6 is 10.9 Å². The van der Waals surface area contributed by atoms with Gasteiger partial charge in [0.05, 0.1) is 0 Å². The topological polar surface area (TPSA) is 0 Å². The molecule has 0 nitrogen and oxygen atoms in total. The molecule has 3 aromatic carbocycles. The molecule has 3 heteroatoms. The molecule has 0 aliphatic carbocycles. The summed E-state index contributed by atoms with van der Waals surface area (Å²) < 4.78 is 26.6. The second kappa shape index (κ2) is 6.55. The molecule has 0 saturated heterocycles. The lowest BCUT2D eigenvalue weighted by Crippen LogP contribution is -1.91. The van der Waals surface area contributed by atoms with Crippen molar-refractivity contribution in [3.8, 4) is 0 Å². The number of benzene rings is 3. The van der Waals surface area contributed by atoms with Gasteiger partial charge in [-0.2, -0.15) is 10.9 Å². The Hall–Kier alpha value is -2.13. The highest BCUT2D eigenvalue weighted by atomic mass is 32.2. The zero-order chi connectivity index (χ0) is 16.4. The van der Waals surface area contributed by atoms with E-state index in [1.54, 1.807) is 0 Å². The van der Waals surface area contributed by atoms with Gasteiger partial charge in [0.15, 0.2) is 0 Å². The van der Waals surface area contributed by atoms with E-state index < -0.39 is 10.9 Å². The van der Waals surface area contributed by atoms with Gasteiger partial charge in [0.2, 0.25) is 0 Å². The predicted octanol–water partition coefficient (Wildman–Crippen LogP) is 6.06. The number of rotatable bonds is 3. The number of thiol groups is 1. The largest absolute Gasteiger partial charge is 0.207 e. The minimum absolute atomic E-state index is 0.247. The van der Waals surface area contributed by atoms with Crippen molar-refractivity contribution >= 4 is 10.9 Å². The molecule has 0 N–H and O–H groups in total. The Balaban J connectivity index is 2.16. The average Bonchev–Trinajstić information content (AvgIpc) is 2.50. The van der Waals surface area contributed by atoms with Crippen LogP contribution in [0, 0.1) is 25.5 Å². The van der Waals surface area contributed by atoms with Crippen LogP contribution in [-0.4, -0.2) is 0 Å². The van der Waals surface area contributed by atoms with Crippen molar-refractivity contribution in [3.05, 3.63) is 89.5 Å². The van der Waals surface area contributed by atoms with E-state index in [9.17, 15) is 8.78 Å². The highest BCUT2D eigenvalue weighted by Crippen LogP contribution is 2.51. The molecule has 0 fully saturated rings. The maximum absolute atomic E-state index is 13.3. The third kappa shape index (κ3) is 3.62. The van der Waals surface area contributed by atoms with E-state index in [0.29, 0.717) is 0 Å². The van der Waals surface area contributed by atoms with Crippen molar-refractivity contribution in [1.29, 1.82) is 0 Å². The summed E-state index contributed by atoms with van der Waals surface area (Å²) in [5.74, 6) is -0.494. The Morgan fingerprint density at radius 2 is 0.957 bits per heavy atom. The summed E-state index contributed by atoms with van der Waals surface area (Å²) in [7, 11) is -0.837. The van der Waals surface area contributed by atoms with Crippen LogP contribution in [0.1, 0.15) is 11.1 Å². The molecule has 0 radical (unpaired) electrons. The summed E-state index contributed by atoms with van der Waals surface area (Å²) >= 11 is 0. The van der Waals surface area contributed by atoms with Crippen LogP contribution < -0.4 is 0 Å². The van der Waals surface area contributed by atoms with Crippen LogP contribution in [0.5, 0.6) is 0 Å². The maximum Gasteiger partial charge on any atom is 0.123 e. The van der Waals surface area contributed by atoms with Crippen LogP contribution in [0.4, 0.5) is 8.78 Å². The van der Waals surface area contributed by atoms with Gasteiger partial charge in [-0.05, 0) is 100 Å². The Morgan fingerprint density at radius 3 is 1.35 bits per heavy atom. The maximum atomic E-state index is 13.3. The van der Waals surface area contributed by atoms with E-state index in [0.717, 1.165) is 9.79 Å². The monoisotopic (exact) mass is 328 g/mol. The molecule has 0 saturated carbocycles. The van der Waals surface area contributed by atoms with Crippen LogP contribution in [0.25, 0.3) is 0 Å². The molecule has 118 valence electrons. The van der Waals surface area contributed by atoms with Crippen molar-refractivity contribution in [1.82, 2.24) is 0 Å². The van der Waals surface area contributed by atoms with Crippen molar-refractivity contribution in [2.75, 3.05) is 0 Å². The Morgan fingerprint density at radius 1 is 0.565 bits per heavy atom. The lowest BCUT2D eigenvalue weighted by atomic mass is 10.2. The Kier molecular flexibility index (Phi) is 4.49. The summed E-state index contributed by atoms with van der Waals surface area (Å²) in [6.07, 6.45) is 0. The molecular formula is C20H18F2S. The van der Waals surface area contributed by atoms with Crippen LogP contribution in [0.3, 0.4) is 0 Å². The molecule has 3 rings (SSSR count). The quantitative estimate of drug-likeness (QED) is 0.555. The summed E-state index contributed by atoms with van der Waals surface area (Å²) in [6, 6.07) is 19.7. The number of hydrogen-bond donors (Lipinski definition) is 1. The first-order valence-corrected chi connectivity index (χ1v) is 8.77. The summed E-state index contributed by atoms with van der Waals surface area (Å²) in [5.41, 5.74) is 2.38. The predicted molar refractivity (Wildman–Crippen MR) is 92.5 cm³/mol. The second-order valence-corrected chi connectivity index (χ2v) is 7.85. The molecule has 0 bridgehead atoms. The molecule has 0 atom stereocenters. The van der Waals surface area contributed by atoms with Gasteiger partial charge in [-0.25, -0.2) is 8.78 Å². The van der Waals surface area contributed by atoms with E-state index in [-0.39, 0.29) is 11.6 Å². The average molecular weight is 328 g/mol. The standard InChI is InChI=1S/C20H18F2S/c1-14-11-15(2)13-20(12-14)23(18-7-3-16(21)4-8-18)19-9-5-17(22)6-10-19/h3-13,23H,1-2H3. The molecule has 0 aliphatic heterocycles. The molecular weight excluding hydrogens is 310 g/mol. The van der Waals surface area contributed by atoms with E-state index >= 15 is 0 Å². The SMILES string of the molecule is Cc1cc(C)cc([SH](c2ccc(F)cc2)c2ccc(F)cc2)c1. The fourth-order valence-electron chi connectivity index (χ4n) is 2.71. The number of aryl methyl sites for hydroxylation is 2. The van der Waals surface area contributed by atoms with Gasteiger partial charge < -0.3 is 0 Å². The van der Waals surface area contributed by atoms with Crippen LogP contribution in [-0.2, 0) is 0 Å². The van der Waals surface area contributed by atoms with Crippen LogP contribution in [0.2, 0.25) is 0 Å². The first-order valence-electron chi connectivity index (χ1n) is 7.42. The van der Waals surface area contributed by atoms with E-state index in [1.165, 1.54) is 40.3 Å². The number of hydrogen-bond acceptors (Lipinski definition) is 0. The van der Waals surface area contributed by atoms with Gasteiger partial charge in [-0.3, -0.25) is 0 Å².